The van der Waals surface area contributed by atoms with Gasteiger partial charge in [-0.15, -0.1) is 0 Å². The molecule has 0 aliphatic rings. The van der Waals surface area contributed by atoms with Gasteiger partial charge in [-0.2, -0.15) is 0 Å². The van der Waals surface area contributed by atoms with Crippen LogP contribution in [0.3, 0.4) is 0 Å². The van der Waals surface area contributed by atoms with Crippen molar-refractivity contribution < 1.29 is 24.0 Å². The highest BCUT2D eigenvalue weighted by atomic mass is 16.6. The van der Waals surface area contributed by atoms with Crippen molar-refractivity contribution in [3.05, 3.63) is 33.9 Å². The quantitative estimate of drug-likeness (QED) is 0.327. The summed E-state index contributed by atoms with van der Waals surface area (Å²) < 4.78 is 9.82. The Balaban J connectivity index is 2.54. The molecule has 0 aromatic heterocycles. The number of ketones is 1. The number of carbonyl (C=O) groups excluding carboxylic acids is 2. The SMILES string of the molecule is CCOC(=O)CC(=O)COc1ccc([N+](=O)[O-])c(C)c1. The number of rotatable bonds is 7. The summed E-state index contributed by atoms with van der Waals surface area (Å²) in [6.45, 7) is 3.16. The van der Waals surface area contributed by atoms with Crippen LogP contribution in [0.25, 0.3) is 0 Å². The summed E-state index contributed by atoms with van der Waals surface area (Å²) in [4.78, 5) is 32.6. The molecule has 0 fully saturated rings. The highest BCUT2D eigenvalue weighted by molar-refractivity contribution is 5.96. The van der Waals surface area contributed by atoms with Crippen LogP contribution in [-0.4, -0.2) is 29.9 Å². The van der Waals surface area contributed by atoms with Gasteiger partial charge < -0.3 is 9.47 Å². The van der Waals surface area contributed by atoms with Gasteiger partial charge in [0.25, 0.3) is 5.69 Å². The van der Waals surface area contributed by atoms with E-state index in [1.54, 1.807) is 13.8 Å². The molecule has 108 valence electrons. The van der Waals surface area contributed by atoms with Crippen LogP contribution in [0, 0.1) is 17.0 Å². The average molecular weight is 281 g/mol. The van der Waals surface area contributed by atoms with E-state index in [0.717, 1.165) is 0 Å². The molecule has 20 heavy (non-hydrogen) atoms. The van der Waals surface area contributed by atoms with E-state index in [9.17, 15) is 19.7 Å². The van der Waals surface area contributed by atoms with Crippen LogP contribution in [0.15, 0.2) is 18.2 Å². The maximum atomic E-state index is 11.4. The van der Waals surface area contributed by atoms with E-state index in [-0.39, 0.29) is 25.3 Å². The molecule has 0 radical (unpaired) electrons. The third-order valence-corrected chi connectivity index (χ3v) is 2.41. The van der Waals surface area contributed by atoms with Gasteiger partial charge in [0, 0.05) is 11.6 Å². The number of Topliss-reactive ketones (excluding diaryl/α,β-unsaturated/α-hetero) is 1. The Hall–Kier alpha value is -2.44. The Morgan fingerprint density at radius 1 is 1.35 bits per heavy atom. The van der Waals surface area contributed by atoms with E-state index in [1.165, 1.54) is 18.2 Å². The molecule has 0 bridgehead atoms. The zero-order valence-electron chi connectivity index (χ0n) is 11.3. The molecule has 1 rings (SSSR count). The van der Waals surface area contributed by atoms with Crippen LogP contribution in [-0.2, 0) is 14.3 Å². The number of aryl methyl sites for hydroxylation is 1. The largest absolute Gasteiger partial charge is 0.486 e. The summed E-state index contributed by atoms with van der Waals surface area (Å²) in [7, 11) is 0. The van der Waals surface area contributed by atoms with Crippen molar-refractivity contribution in [1.82, 2.24) is 0 Å². The summed E-state index contributed by atoms with van der Waals surface area (Å²) in [5, 5.41) is 10.6. The number of ether oxygens (including phenoxy) is 2. The van der Waals surface area contributed by atoms with E-state index >= 15 is 0 Å². The fourth-order valence-corrected chi connectivity index (χ4v) is 1.51. The first-order chi connectivity index (χ1) is 9.43. The first kappa shape index (κ1) is 15.6. The van der Waals surface area contributed by atoms with Crippen molar-refractivity contribution in [1.29, 1.82) is 0 Å². The maximum Gasteiger partial charge on any atom is 0.313 e. The molecule has 0 aliphatic heterocycles. The van der Waals surface area contributed by atoms with Crippen LogP contribution in [0.1, 0.15) is 18.9 Å². The Labute approximate surface area is 115 Å². The Morgan fingerprint density at radius 3 is 2.60 bits per heavy atom. The summed E-state index contributed by atoms with van der Waals surface area (Å²) in [5.41, 5.74) is 0.417. The molecule has 7 heteroatoms. The number of carbonyl (C=O) groups is 2. The topological polar surface area (TPSA) is 95.7 Å². The molecule has 0 amide bonds. The zero-order chi connectivity index (χ0) is 15.1. The van der Waals surface area contributed by atoms with Crippen molar-refractivity contribution in [2.24, 2.45) is 0 Å². The van der Waals surface area contributed by atoms with Gasteiger partial charge in [0.2, 0.25) is 0 Å². The van der Waals surface area contributed by atoms with E-state index in [2.05, 4.69) is 4.74 Å². The molecule has 0 unspecified atom stereocenters. The standard InChI is InChI=1S/C13H15NO6/c1-3-19-13(16)7-10(15)8-20-11-4-5-12(14(17)18)9(2)6-11/h4-6H,3,7-8H2,1-2H3. The predicted octanol–water partition coefficient (Wildman–Crippen LogP) is 1.80. The lowest BCUT2D eigenvalue weighted by Crippen LogP contribution is -2.17. The molecule has 0 heterocycles. The van der Waals surface area contributed by atoms with Crippen molar-refractivity contribution in [2.45, 2.75) is 20.3 Å². The smallest absolute Gasteiger partial charge is 0.313 e. The van der Waals surface area contributed by atoms with Gasteiger partial charge in [0.15, 0.2) is 5.78 Å². The predicted molar refractivity (Wildman–Crippen MR) is 69.6 cm³/mol. The Bertz CT molecular complexity index is 526. The van der Waals surface area contributed by atoms with E-state index in [1.807, 2.05) is 0 Å². The number of nitrogens with zero attached hydrogens (tertiary/aromatic N) is 1. The maximum absolute atomic E-state index is 11.4. The fourth-order valence-electron chi connectivity index (χ4n) is 1.51. The molecular formula is C13H15NO6. The van der Waals surface area contributed by atoms with E-state index in [4.69, 9.17) is 4.74 Å². The lowest BCUT2D eigenvalue weighted by atomic mass is 10.2. The second-order valence-corrected chi connectivity index (χ2v) is 4.01. The minimum absolute atomic E-state index is 0.0183. The Morgan fingerprint density at radius 2 is 2.05 bits per heavy atom. The summed E-state index contributed by atoms with van der Waals surface area (Å²) >= 11 is 0. The molecule has 1 aromatic carbocycles. The van der Waals surface area contributed by atoms with Crippen LogP contribution in [0.4, 0.5) is 5.69 Å². The zero-order valence-corrected chi connectivity index (χ0v) is 11.3. The molecule has 7 nitrogen and oxygen atoms in total. The average Bonchev–Trinajstić information content (AvgIpc) is 2.36. The highest BCUT2D eigenvalue weighted by Crippen LogP contribution is 2.22. The molecule has 0 atom stereocenters. The summed E-state index contributed by atoms with van der Waals surface area (Å²) in [6.07, 6.45) is -0.347. The molecule has 0 saturated carbocycles. The monoisotopic (exact) mass is 281 g/mol. The third-order valence-electron chi connectivity index (χ3n) is 2.41. The normalized spacial score (nSPS) is 9.90. The van der Waals surface area contributed by atoms with Gasteiger partial charge in [0.1, 0.15) is 18.8 Å². The fraction of sp³-hybridized carbons (Fsp3) is 0.385. The molecule has 0 aliphatic carbocycles. The lowest BCUT2D eigenvalue weighted by Gasteiger charge is -2.06. The number of benzene rings is 1. The summed E-state index contributed by atoms with van der Waals surface area (Å²) in [6, 6.07) is 4.18. The number of hydrogen-bond acceptors (Lipinski definition) is 6. The minimum Gasteiger partial charge on any atom is -0.486 e. The van der Waals surface area contributed by atoms with Crippen molar-refractivity contribution in [3.8, 4) is 5.75 Å². The van der Waals surface area contributed by atoms with Crippen molar-refractivity contribution in [2.75, 3.05) is 13.2 Å². The molecular weight excluding hydrogens is 266 g/mol. The number of hydrogen-bond donors (Lipinski definition) is 0. The highest BCUT2D eigenvalue weighted by Gasteiger charge is 2.13. The molecule has 0 saturated heterocycles. The van der Waals surface area contributed by atoms with E-state index in [0.29, 0.717) is 11.3 Å². The number of nitro benzene ring substituents is 1. The molecule has 1 aromatic rings. The van der Waals surface area contributed by atoms with Crippen LogP contribution in [0.2, 0.25) is 0 Å². The van der Waals surface area contributed by atoms with Gasteiger partial charge in [-0.3, -0.25) is 19.7 Å². The molecule has 0 N–H and O–H groups in total. The van der Waals surface area contributed by atoms with Gasteiger partial charge in [-0.05, 0) is 26.0 Å². The minimum atomic E-state index is -0.596. The molecule has 0 spiro atoms. The van der Waals surface area contributed by atoms with Crippen LogP contribution in [0.5, 0.6) is 5.75 Å². The van der Waals surface area contributed by atoms with E-state index < -0.39 is 16.7 Å². The van der Waals surface area contributed by atoms with Gasteiger partial charge >= 0.3 is 5.97 Å². The van der Waals surface area contributed by atoms with Gasteiger partial charge in [-0.1, -0.05) is 0 Å². The second-order valence-electron chi connectivity index (χ2n) is 4.01. The second kappa shape index (κ2) is 7.22. The first-order valence-electron chi connectivity index (χ1n) is 5.99. The van der Waals surface area contributed by atoms with Gasteiger partial charge in [0.05, 0.1) is 11.5 Å². The number of esters is 1. The Kier molecular flexibility index (Phi) is 5.64. The van der Waals surface area contributed by atoms with Gasteiger partial charge in [-0.25, -0.2) is 0 Å². The first-order valence-corrected chi connectivity index (χ1v) is 5.99. The summed E-state index contributed by atoms with van der Waals surface area (Å²) in [5.74, 6) is -0.675. The number of nitro groups is 1. The third kappa shape index (κ3) is 4.68. The van der Waals surface area contributed by atoms with Crippen molar-refractivity contribution in [3.63, 3.8) is 0 Å². The van der Waals surface area contributed by atoms with Crippen LogP contribution < -0.4 is 4.74 Å². The van der Waals surface area contributed by atoms with Crippen LogP contribution >= 0.6 is 0 Å². The van der Waals surface area contributed by atoms with Crippen molar-refractivity contribution >= 4 is 17.4 Å². The lowest BCUT2D eigenvalue weighted by molar-refractivity contribution is -0.385.